The fourth-order valence-corrected chi connectivity index (χ4v) is 1.62. The molecule has 16 heavy (non-hydrogen) atoms. The quantitative estimate of drug-likeness (QED) is 0.598. The maximum Gasteiger partial charge on any atom is 0.0519 e. The highest BCUT2D eigenvalue weighted by Crippen LogP contribution is 2.16. The third-order valence-electron chi connectivity index (χ3n) is 2.77. The van der Waals surface area contributed by atoms with Crippen LogP contribution in [0, 0.1) is 5.41 Å². The van der Waals surface area contributed by atoms with Crippen molar-refractivity contribution in [3.8, 4) is 0 Å². The molecule has 0 saturated heterocycles. The topological polar surface area (TPSA) is 46.9 Å². The molecule has 4 nitrogen and oxygen atoms in total. The lowest BCUT2D eigenvalue weighted by Gasteiger charge is -2.33. The molecule has 0 saturated carbocycles. The van der Waals surface area contributed by atoms with Gasteiger partial charge in [-0.3, -0.25) is 0 Å². The third kappa shape index (κ3) is 6.43. The Morgan fingerprint density at radius 3 is 1.94 bits per heavy atom. The summed E-state index contributed by atoms with van der Waals surface area (Å²) in [5.74, 6) is 0. The molecule has 2 N–H and O–H groups in total. The van der Waals surface area contributed by atoms with Crippen LogP contribution in [0.5, 0.6) is 0 Å². The smallest absolute Gasteiger partial charge is 0.0519 e. The van der Waals surface area contributed by atoms with Crippen LogP contribution in [-0.2, 0) is 0 Å². The molecular weight excluding hydrogens is 204 g/mol. The van der Waals surface area contributed by atoms with Crippen molar-refractivity contribution in [3.05, 3.63) is 0 Å². The third-order valence-corrected chi connectivity index (χ3v) is 2.77. The summed E-state index contributed by atoms with van der Waals surface area (Å²) in [6, 6.07) is 0. The van der Waals surface area contributed by atoms with Crippen LogP contribution in [0.2, 0.25) is 0 Å². The van der Waals surface area contributed by atoms with Crippen LogP contribution < -0.4 is 0 Å². The molecule has 0 heterocycles. The first-order chi connectivity index (χ1) is 7.47. The molecule has 0 aromatic rings. The Morgan fingerprint density at radius 1 is 1.00 bits per heavy atom. The van der Waals surface area contributed by atoms with Gasteiger partial charge in [0.1, 0.15) is 0 Å². The fraction of sp³-hybridized carbons (Fsp3) is 1.00. The van der Waals surface area contributed by atoms with E-state index >= 15 is 0 Å². The molecule has 0 spiro atoms. The van der Waals surface area contributed by atoms with E-state index in [1.165, 1.54) is 0 Å². The SMILES string of the molecule is CCCN(CCN(C)C)CC(C)(CO)CO. The van der Waals surface area contributed by atoms with Crippen molar-refractivity contribution >= 4 is 0 Å². The van der Waals surface area contributed by atoms with Crippen molar-refractivity contribution in [1.29, 1.82) is 0 Å². The average Bonchev–Trinajstić information content (AvgIpc) is 2.26. The van der Waals surface area contributed by atoms with Gasteiger partial charge in [0, 0.05) is 25.0 Å². The molecule has 0 fully saturated rings. The van der Waals surface area contributed by atoms with Crippen LogP contribution in [-0.4, -0.2) is 73.5 Å². The van der Waals surface area contributed by atoms with E-state index in [1.807, 2.05) is 6.92 Å². The Labute approximate surface area is 99.9 Å². The maximum atomic E-state index is 9.28. The zero-order valence-electron chi connectivity index (χ0n) is 11.2. The van der Waals surface area contributed by atoms with Crippen molar-refractivity contribution in [2.75, 3.05) is 53.5 Å². The second kappa shape index (κ2) is 8.01. The molecule has 0 bridgehead atoms. The van der Waals surface area contributed by atoms with Crippen LogP contribution in [0.15, 0.2) is 0 Å². The van der Waals surface area contributed by atoms with Gasteiger partial charge in [-0.15, -0.1) is 0 Å². The molecule has 0 aliphatic carbocycles. The highest BCUT2D eigenvalue weighted by molar-refractivity contribution is 4.77. The van der Waals surface area contributed by atoms with E-state index in [0.717, 1.165) is 32.6 Å². The first-order valence-corrected chi connectivity index (χ1v) is 6.06. The van der Waals surface area contributed by atoms with Gasteiger partial charge in [0.15, 0.2) is 0 Å². The second-order valence-corrected chi connectivity index (χ2v) is 5.21. The van der Waals surface area contributed by atoms with Gasteiger partial charge in [-0.05, 0) is 27.1 Å². The van der Waals surface area contributed by atoms with Crippen molar-refractivity contribution in [3.63, 3.8) is 0 Å². The van der Waals surface area contributed by atoms with Gasteiger partial charge < -0.3 is 20.0 Å². The zero-order chi connectivity index (χ0) is 12.6. The lowest BCUT2D eigenvalue weighted by atomic mass is 9.92. The van der Waals surface area contributed by atoms with Crippen LogP contribution in [0.3, 0.4) is 0 Å². The van der Waals surface area contributed by atoms with E-state index in [4.69, 9.17) is 0 Å². The molecule has 0 atom stereocenters. The summed E-state index contributed by atoms with van der Waals surface area (Å²) < 4.78 is 0. The Hall–Kier alpha value is -0.160. The predicted octanol–water partition coefficient (Wildman–Crippen LogP) is 0.251. The Bertz CT molecular complexity index is 170. The van der Waals surface area contributed by atoms with Crippen LogP contribution in [0.25, 0.3) is 0 Å². The standard InChI is InChI=1S/C12H28N2O2/c1-5-6-14(8-7-13(3)4)9-12(2,10-15)11-16/h15-16H,5-11H2,1-4H3. The summed E-state index contributed by atoms with van der Waals surface area (Å²) >= 11 is 0. The monoisotopic (exact) mass is 232 g/mol. The van der Waals surface area contributed by atoms with Crippen molar-refractivity contribution in [2.24, 2.45) is 5.41 Å². The normalized spacial score (nSPS) is 12.8. The predicted molar refractivity (Wildman–Crippen MR) is 67.6 cm³/mol. The molecule has 0 rings (SSSR count). The lowest BCUT2D eigenvalue weighted by molar-refractivity contribution is 0.0335. The van der Waals surface area contributed by atoms with E-state index in [1.54, 1.807) is 0 Å². The summed E-state index contributed by atoms with van der Waals surface area (Å²) in [5.41, 5.74) is -0.387. The van der Waals surface area contributed by atoms with Crippen LogP contribution >= 0.6 is 0 Å². The Morgan fingerprint density at radius 2 is 1.56 bits per heavy atom. The van der Waals surface area contributed by atoms with Crippen molar-refractivity contribution in [2.45, 2.75) is 20.3 Å². The summed E-state index contributed by atoms with van der Waals surface area (Å²) in [4.78, 5) is 4.46. The van der Waals surface area contributed by atoms with E-state index in [2.05, 4.69) is 30.8 Å². The Kier molecular flexibility index (Phi) is 7.93. The molecule has 0 amide bonds. The van der Waals surface area contributed by atoms with Gasteiger partial charge in [0.2, 0.25) is 0 Å². The second-order valence-electron chi connectivity index (χ2n) is 5.21. The van der Waals surface area contributed by atoms with Gasteiger partial charge in [-0.2, -0.15) is 0 Å². The molecule has 0 unspecified atom stereocenters. The number of likely N-dealkylation sites (N-methyl/N-ethyl adjacent to an activating group) is 1. The molecular formula is C12H28N2O2. The van der Waals surface area contributed by atoms with E-state index in [0.29, 0.717) is 0 Å². The zero-order valence-corrected chi connectivity index (χ0v) is 11.2. The van der Waals surface area contributed by atoms with Crippen LogP contribution in [0.1, 0.15) is 20.3 Å². The van der Waals surface area contributed by atoms with Crippen molar-refractivity contribution < 1.29 is 10.2 Å². The number of aliphatic hydroxyl groups is 2. The van der Waals surface area contributed by atoms with Gasteiger partial charge in [0.05, 0.1) is 13.2 Å². The first-order valence-electron chi connectivity index (χ1n) is 6.06. The van der Waals surface area contributed by atoms with Gasteiger partial charge in [-0.1, -0.05) is 13.8 Å². The van der Waals surface area contributed by atoms with E-state index in [-0.39, 0.29) is 18.6 Å². The van der Waals surface area contributed by atoms with Gasteiger partial charge in [-0.25, -0.2) is 0 Å². The highest BCUT2D eigenvalue weighted by Gasteiger charge is 2.25. The number of nitrogens with zero attached hydrogens (tertiary/aromatic N) is 2. The number of rotatable bonds is 9. The largest absolute Gasteiger partial charge is 0.396 e. The summed E-state index contributed by atoms with van der Waals surface area (Å²) in [7, 11) is 4.11. The molecule has 0 aliphatic rings. The molecule has 98 valence electrons. The first kappa shape index (κ1) is 15.8. The summed E-state index contributed by atoms with van der Waals surface area (Å²) in [6.07, 6.45) is 1.10. The fourth-order valence-electron chi connectivity index (χ4n) is 1.62. The highest BCUT2D eigenvalue weighted by atomic mass is 16.3. The minimum Gasteiger partial charge on any atom is -0.396 e. The van der Waals surface area contributed by atoms with Crippen molar-refractivity contribution in [1.82, 2.24) is 9.80 Å². The molecule has 0 aromatic carbocycles. The van der Waals surface area contributed by atoms with E-state index < -0.39 is 0 Å². The summed E-state index contributed by atoms with van der Waals surface area (Å²) in [6.45, 7) is 7.90. The molecule has 4 heteroatoms. The average molecular weight is 232 g/mol. The molecule has 0 aliphatic heterocycles. The van der Waals surface area contributed by atoms with E-state index in [9.17, 15) is 10.2 Å². The maximum absolute atomic E-state index is 9.28. The van der Waals surface area contributed by atoms with Gasteiger partial charge in [0.25, 0.3) is 0 Å². The van der Waals surface area contributed by atoms with Gasteiger partial charge >= 0.3 is 0 Å². The minimum atomic E-state index is -0.387. The van der Waals surface area contributed by atoms with Crippen LogP contribution in [0.4, 0.5) is 0 Å². The molecule has 0 aromatic heterocycles. The minimum absolute atomic E-state index is 0.0334. The lowest BCUT2D eigenvalue weighted by Crippen LogP contribution is -2.43. The number of hydrogen-bond acceptors (Lipinski definition) is 4. The summed E-state index contributed by atoms with van der Waals surface area (Å²) in [5, 5.41) is 18.6. The number of aliphatic hydroxyl groups excluding tert-OH is 2. The number of hydrogen-bond donors (Lipinski definition) is 2. The Balaban J connectivity index is 4.19. The molecule has 0 radical (unpaired) electrons.